The van der Waals surface area contributed by atoms with Crippen LogP contribution in [0.1, 0.15) is 57.1 Å². The van der Waals surface area contributed by atoms with Gasteiger partial charge in [-0.25, -0.2) is 9.78 Å². The Morgan fingerprint density at radius 3 is 2.39 bits per heavy atom. The average molecular weight is 584 g/mol. The molecule has 3 heterocycles. The first kappa shape index (κ1) is 30.2. The molecule has 1 aliphatic rings. The monoisotopic (exact) mass is 583 g/mol. The molecule has 4 N–H and O–H groups in total. The highest BCUT2D eigenvalue weighted by molar-refractivity contribution is 7.17. The molecule has 0 radical (unpaired) electrons. The number of thiazole rings is 1. The zero-order valence-corrected chi connectivity index (χ0v) is 24.4. The lowest BCUT2D eigenvalue weighted by molar-refractivity contribution is 0.0699. The maximum atomic E-state index is 12.8. The van der Waals surface area contributed by atoms with Crippen LogP contribution in [0.4, 0.5) is 22.7 Å². The van der Waals surface area contributed by atoms with E-state index < -0.39 is 5.97 Å². The van der Waals surface area contributed by atoms with Crippen LogP contribution in [0.2, 0.25) is 0 Å². The second-order valence-electron chi connectivity index (χ2n) is 9.67. The van der Waals surface area contributed by atoms with Gasteiger partial charge in [0.1, 0.15) is 16.5 Å². The fraction of sp³-hybridized carbons (Fsp3) is 0.464. The van der Waals surface area contributed by atoms with E-state index in [1.807, 2.05) is 43.0 Å². The molecule has 12 nitrogen and oxygen atoms in total. The van der Waals surface area contributed by atoms with Crippen LogP contribution < -0.4 is 15.1 Å². The number of aryl methyl sites for hydroxylation is 1. The molecule has 2 aromatic heterocycles. The summed E-state index contributed by atoms with van der Waals surface area (Å²) in [5.74, 6) is 0.658. The number of fused-ring (bicyclic) bond motifs is 1. The Bertz CT molecular complexity index is 1360. The predicted octanol–water partition coefficient (Wildman–Crippen LogP) is 2.91. The van der Waals surface area contributed by atoms with E-state index in [1.165, 1.54) is 0 Å². The SMILES string of the molecule is CCN(CCO)C(=O)c1ccc(CN2CCCc3c(N(CC)CCO)nc(Nc4nc(C)c(C(=O)O)s4)nc32)cc1. The molecule has 0 saturated heterocycles. The van der Waals surface area contributed by atoms with Crippen LogP contribution in [0.5, 0.6) is 0 Å². The van der Waals surface area contributed by atoms with E-state index in [4.69, 9.17) is 9.97 Å². The lowest BCUT2D eigenvalue weighted by Crippen LogP contribution is -2.34. The van der Waals surface area contributed by atoms with Crippen molar-refractivity contribution in [3.63, 3.8) is 0 Å². The number of hydrogen-bond donors (Lipinski definition) is 4. The molecule has 1 amide bonds. The van der Waals surface area contributed by atoms with Crippen molar-refractivity contribution in [2.75, 3.05) is 61.1 Å². The Labute approximate surface area is 243 Å². The molecular weight excluding hydrogens is 546 g/mol. The van der Waals surface area contributed by atoms with Crippen molar-refractivity contribution >= 4 is 45.9 Å². The second-order valence-corrected chi connectivity index (χ2v) is 10.7. The third-order valence-corrected chi connectivity index (χ3v) is 8.05. The minimum atomic E-state index is -1.03. The smallest absolute Gasteiger partial charge is 0.347 e. The molecule has 13 heteroatoms. The number of amides is 1. The number of anilines is 4. The maximum Gasteiger partial charge on any atom is 0.347 e. The number of nitrogens with zero attached hydrogens (tertiary/aromatic N) is 6. The van der Waals surface area contributed by atoms with Crippen LogP contribution in [-0.4, -0.2) is 93.0 Å². The van der Waals surface area contributed by atoms with Crippen LogP contribution in [-0.2, 0) is 13.0 Å². The molecule has 0 saturated carbocycles. The summed E-state index contributed by atoms with van der Waals surface area (Å²) in [7, 11) is 0. The molecule has 0 bridgehead atoms. The highest BCUT2D eigenvalue weighted by Crippen LogP contribution is 2.35. The number of benzene rings is 1. The number of carboxylic acids is 1. The van der Waals surface area contributed by atoms with Gasteiger partial charge >= 0.3 is 5.97 Å². The van der Waals surface area contributed by atoms with E-state index in [1.54, 1.807) is 11.8 Å². The van der Waals surface area contributed by atoms with E-state index in [-0.39, 0.29) is 24.0 Å². The Morgan fingerprint density at radius 2 is 1.78 bits per heavy atom. The van der Waals surface area contributed by atoms with Crippen LogP contribution in [0.25, 0.3) is 0 Å². The van der Waals surface area contributed by atoms with Gasteiger partial charge in [0.25, 0.3) is 5.91 Å². The van der Waals surface area contributed by atoms with Crippen LogP contribution in [0, 0.1) is 6.92 Å². The number of likely N-dealkylation sites (N-methyl/N-ethyl adjacent to an activating group) is 2. The first-order valence-electron chi connectivity index (χ1n) is 13.8. The van der Waals surface area contributed by atoms with Gasteiger partial charge in [0.05, 0.1) is 18.9 Å². The fourth-order valence-corrected chi connectivity index (χ4v) is 5.73. The lowest BCUT2D eigenvalue weighted by Gasteiger charge is -2.34. The lowest BCUT2D eigenvalue weighted by atomic mass is 10.0. The number of aromatic nitrogens is 3. The molecular formula is C28H37N7O5S. The number of aliphatic hydroxyl groups excluding tert-OH is 2. The zero-order chi connectivity index (χ0) is 29.5. The fourth-order valence-electron chi connectivity index (χ4n) is 4.93. The zero-order valence-electron chi connectivity index (χ0n) is 23.6. The molecule has 0 atom stereocenters. The molecule has 1 aliphatic heterocycles. The van der Waals surface area contributed by atoms with E-state index in [0.717, 1.165) is 53.5 Å². The van der Waals surface area contributed by atoms with E-state index in [9.17, 15) is 24.9 Å². The minimum absolute atomic E-state index is 0.0222. The second kappa shape index (κ2) is 13.7. The van der Waals surface area contributed by atoms with Gasteiger partial charge in [-0.05, 0) is 51.3 Å². The average Bonchev–Trinajstić information content (AvgIpc) is 3.34. The summed E-state index contributed by atoms with van der Waals surface area (Å²) in [6.07, 6.45) is 1.69. The number of carboxylic acid groups (broad SMARTS) is 1. The number of carbonyl (C=O) groups excluding carboxylic acids is 1. The van der Waals surface area contributed by atoms with Crippen molar-refractivity contribution in [1.82, 2.24) is 19.9 Å². The van der Waals surface area contributed by atoms with Gasteiger partial charge in [-0.1, -0.05) is 23.5 Å². The first-order chi connectivity index (χ1) is 19.8. The third kappa shape index (κ3) is 6.92. The summed E-state index contributed by atoms with van der Waals surface area (Å²) in [4.78, 5) is 44.3. The number of hydrogen-bond acceptors (Lipinski definition) is 11. The molecule has 4 rings (SSSR count). The summed E-state index contributed by atoms with van der Waals surface area (Å²) in [6, 6.07) is 7.49. The Kier molecular flexibility index (Phi) is 10.1. The summed E-state index contributed by atoms with van der Waals surface area (Å²) < 4.78 is 0. The first-order valence-corrected chi connectivity index (χ1v) is 14.6. The van der Waals surface area contributed by atoms with Crippen LogP contribution in [0.3, 0.4) is 0 Å². The summed E-state index contributed by atoms with van der Waals surface area (Å²) >= 11 is 1.03. The quantitative estimate of drug-likeness (QED) is 0.235. The number of rotatable bonds is 13. The van der Waals surface area contributed by atoms with Gasteiger partial charge in [-0.15, -0.1) is 0 Å². The van der Waals surface area contributed by atoms with E-state index in [0.29, 0.717) is 55.1 Å². The predicted molar refractivity (Wildman–Crippen MR) is 159 cm³/mol. The highest BCUT2D eigenvalue weighted by atomic mass is 32.1. The van der Waals surface area contributed by atoms with Crippen molar-refractivity contribution in [3.05, 3.63) is 51.5 Å². The van der Waals surface area contributed by atoms with Crippen molar-refractivity contribution < 1.29 is 24.9 Å². The maximum absolute atomic E-state index is 12.8. The van der Waals surface area contributed by atoms with Crippen LogP contribution >= 0.6 is 11.3 Å². The largest absolute Gasteiger partial charge is 0.477 e. The normalized spacial score (nSPS) is 12.7. The van der Waals surface area contributed by atoms with Gasteiger partial charge < -0.3 is 30.0 Å². The summed E-state index contributed by atoms with van der Waals surface area (Å²) in [5, 5.41) is 31.9. The third-order valence-electron chi connectivity index (χ3n) is 6.99. The van der Waals surface area contributed by atoms with Gasteiger partial charge in [-0.3, -0.25) is 10.1 Å². The molecule has 1 aromatic carbocycles. The Balaban J connectivity index is 1.65. The molecule has 0 aliphatic carbocycles. The summed E-state index contributed by atoms with van der Waals surface area (Å²) in [6.45, 7) is 8.65. The standard InChI is InChI=1S/C28H37N7O5S/c1-4-33(13-15-36)23-21-7-6-12-35(17-19-8-10-20(11-9-19)25(38)34(5-2)14-16-37)24(21)31-27(30-23)32-28-29-18(3)22(41-28)26(39)40/h8-11,36-37H,4-7,12-17H2,1-3H3,(H,39,40)(H,29,30,31,32). The van der Waals surface area contributed by atoms with E-state index >= 15 is 0 Å². The van der Waals surface area contributed by atoms with Gasteiger partial charge in [0, 0.05) is 50.4 Å². The van der Waals surface area contributed by atoms with Crippen molar-refractivity contribution in [2.24, 2.45) is 0 Å². The molecule has 220 valence electrons. The van der Waals surface area contributed by atoms with Gasteiger partial charge in [0.15, 0.2) is 5.13 Å². The van der Waals surface area contributed by atoms with Crippen molar-refractivity contribution in [3.8, 4) is 0 Å². The molecule has 0 fully saturated rings. The van der Waals surface area contributed by atoms with Crippen LogP contribution in [0.15, 0.2) is 24.3 Å². The van der Waals surface area contributed by atoms with Crippen molar-refractivity contribution in [1.29, 1.82) is 0 Å². The van der Waals surface area contributed by atoms with Gasteiger partial charge in [-0.2, -0.15) is 9.97 Å². The number of aliphatic hydroxyl groups is 2. The molecule has 0 spiro atoms. The minimum Gasteiger partial charge on any atom is -0.477 e. The summed E-state index contributed by atoms with van der Waals surface area (Å²) in [5.41, 5.74) is 2.99. The Hall–Kier alpha value is -3.81. The number of carbonyl (C=O) groups is 2. The highest BCUT2D eigenvalue weighted by Gasteiger charge is 2.27. The van der Waals surface area contributed by atoms with E-state index in [2.05, 4.69) is 15.2 Å². The number of aromatic carboxylic acids is 1. The topological polar surface area (TPSA) is 155 Å². The van der Waals surface area contributed by atoms with Crippen molar-refractivity contribution in [2.45, 2.75) is 40.2 Å². The number of nitrogens with one attached hydrogen (secondary N) is 1. The molecule has 41 heavy (non-hydrogen) atoms. The molecule has 0 unspecified atom stereocenters. The molecule has 3 aromatic rings. The van der Waals surface area contributed by atoms with Gasteiger partial charge in [0.2, 0.25) is 5.95 Å². The Morgan fingerprint density at radius 1 is 1.05 bits per heavy atom.